The van der Waals surface area contributed by atoms with Crippen LogP contribution in [0.1, 0.15) is 25.8 Å². The molecule has 0 saturated carbocycles. The summed E-state index contributed by atoms with van der Waals surface area (Å²) < 4.78 is 1.77. The molecule has 6 nitrogen and oxygen atoms in total. The van der Waals surface area contributed by atoms with Crippen LogP contribution in [0.2, 0.25) is 0 Å². The minimum Gasteiger partial charge on any atom is -0.352 e. The smallest absolute Gasteiger partial charge is 0.193 e. The monoisotopic (exact) mass is 312 g/mol. The van der Waals surface area contributed by atoms with Crippen molar-refractivity contribution in [2.75, 3.05) is 20.1 Å². The van der Waals surface area contributed by atoms with Crippen molar-refractivity contribution in [1.29, 1.82) is 0 Å². The molecule has 0 radical (unpaired) electrons. The molecule has 0 aliphatic carbocycles. The van der Waals surface area contributed by atoms with Gasteiger partial charge in [-0.3, -0.25) is 4.99 Å². The second-order valence-electron chi connectivity index (χ2n) is 6.71. The molecule has 1 aliphatic rings. The summed E-state index contributed by atoms with van der Waals surface area (Å²) >= 11 is 0. The Kier molecular flexibility index (Phi) is 4.32. The van der Waals surface area contributed by atoms with Gasteiger partial charge < -0.3 is 10.2 Å². The van der Waals surface area contributed by atoms with Gasteiger partial charge in [0.1, 0.15) is 0 Å². The van der Waals surface area contributed by atoms with Gasteiger partial charge in [0, 0.05) is 45.3 Å². The molecule has 2 aromatic rings. The largest absolute Gasteiger partial charge is 0.352 e. The number of rotatable bonds is 3. The fourth-order valence-electron chi connectivity index (χ4n) is 2.91. The van der Waals surface area contributed by atoms with Gasteiger partial charge in [-0.1, -0.05) is 13.8 Å². The molecule has 1 N–H and O–H groups in total. The lowest BCUT2D eigenvalue weighted by molar-refractivity contribution is 0.370. The van der Waals surface area contributed by atoms with Gasteiger partial charge in [-0.2, -0.15) is 5.10 Å². The highest BCUT2D eigenvalue weighted by molar-refractivity contribution is 5.80. The van der Waals surface area contributed by atoms with E-state index in [4.69, 9.17) is 0 Å². The summed E-state index contributed by atoms with van der Waals surface area (Å²) in [5.41, 5.74) is 1.52. The number of guanidine groups is 1. The zero-order valence-electron chi connectivity index (χ0n) is 14.0. The predicted octanol–water partition coefficient (Wildman–Crippen LogP) is 2.07. The fourth-order valence-corrected chi connectivity index (χ4v) is 2.91. The molecule has 1 aliphatic heterocycles. The molecule has 122 valence electrons. The Labute approximate surface area is 137 Å². The highest BCUT2D eigenvalue weighted by Gasteiger charge is 2.30. The van der Waals surface area contributed by atoms with E-state index in [9.17, 15) is 0 Å². The number of hydrogen-bond donors (Lipinski definition) is 1. The Balaban J connectivity index is 1.65. The third kappa shape index (κ3) is 3.70. The van der Waals surface area contributed by atoms with Crippen LogP contribution in [0.3, 0.4) is 0 Å². The molecule has 3 rings (SSSR count). The number of pyridine rings is 1. The molecule has 0 amide bonds. The van der Waals surface area contributed by atoms with Crippen molar-refractivity contribution in [1.82, 2.24) is 25.0 Å². The first-order valence-corrected chi connectivity index (χ1v) is 7.98. The average molecular weight is 312 g/mol. The van der Waals surface area contributed by atoms with Crippen LogP contribution in [0, 0.1) is 5.41 Å². The summed E-state index contributed by atoms with van der Waals surface area (Å²) in [4.78, 5) is 11.1. The molecule has 0 spiro atoms. The molecule has 3 heterocycles. The highest BCUT2D eigenvalue weighted by Crippen LogP contribution is 2.28. The average Bonchev–Trinajstić information content (AvgIpc) is 3.18. The molecular weight excluding hydrogens is 288 g/mol. The van der Waals surface area contributed by atoms with Gasteiger partial charge in [-0.25, -0.2) is 9.67 Å². The summed E-state index contributed by atoms with van der Waals surface area (Å²) in [5.74, 6) is 1.79. The van der Waals surface area contributed by atoms with E-state index in [0.29, 0.717) is 5.41 Å². The van der Waals surface area contributed by atoms with Crippen molar-refractivity contribution in [3.8, 4) is 5.82 Å². The van der Waals surface area contributed by atoms with Crippen LogP contribution in [-0.2, 0) is 6.54 Å². The number of likely N-dealkylation sites (tertiary alicyclic amines) is 1. The van der Waals surface area contributed by atoms with E-state index < -0.39 is 0 Å². The fraction of sp³-hybridized carbons (Fsp3) is 0.471. The SMILES string of the molecule is CN=C(NCc1ccnc(-n2cccn2)c1)N1CCC(C)(C)C1. The summed E-state index contributed by atoms with van der Waals surface area (Å²) in [7, 11) is 1.84. The quantitative estimate of drug-likeness (QED) is 0.696. The minimum absolute atomic E-state index is 0.363. The second-order valence-corrected chi connectivity index (χ2v) is 6.71. The van der Waals surface area contributed by atoms with E-state index in [2.05, 4.69) is 39.1 Å². The van der Waals surface area contributed by atoms with E-state index in [-0.39, 0.29) is 0 Å². The maximum absolute atomic E-state index is 4.42. The lowest BCUT2D eigenvalue weighted by atomic mass is 9.93. The van der Waals surface area contributed by atoms with Crippen molar-refractivity contribution in [2.45, 2.75) is 26.8 Å². The highest BCUT2D eigenvalue weighted by atomic mass is 15.3. The van der Waals surface area contributed by atoms with E-state index >= 15 is 0 Å². The van der Waals surface area contributed by atoms with Crippen LogP contribution in [0.5, 0.6) is 0 Å². The first kappa shape index (κ1) is 15.5. The van der Waals surface area contributed by atoms with Gasteiger partial charge >= 0.3 is 0 Å². The van der Waals surface area contributed by atoms with Crippen LogP contribution in [0.25, 0.3) is 5.82 Å². The summed E-state index contributed by atoms with van der Waals surface area (Å²) in [6.45, 7) is 7.43. The molecule has 0 atom stereocenters. The number of aromatic nitrogens is 3. The van der Waals surface area contributed by atoms with Crippen molar-refractivity contribution < 1.29 is 0 Å². The van der Waals surface area contributed by atoms with E-state index in [1.807, 2.05) is 37.6 Å². The van der Waals surface area contributed by atoms with Gasteiger partial charge in [-0.05, 0) is 35.6 Å². The zero-order valence-corrected chi connectivity index (χ0v) is 14.0. The molecular formula is C17H24N6. The van der Waals surface area contributed by atoms with Gasteiger partial charge in [0.2, 0.25) is 0 Å². The molecule has 0 bridgehead atoms. The number of aliphatic imine (C=N–C) groups is 1. The summed E-state index contributed by atoms with van der Waals surface area (Å²) in [6, 6.07) is 5.95. The Hall–Kier alpha value is -2.37. The first-order valence-electron chi connectivity index (χ1n) is 7.98. The Morgan fingerprint density at radius 2 is 2.26 bits per heavy atom. The lowest BCUT2D eigenvalue weighted by Crippen LogP contribution is -2.40. The van der Waals surface area contributed by atoms with Crippen molar-refractivity contribution in [2.24, 2.45) is 10.4 Å². The third-order valence-corrected chi connectivity index (χ3v) is 4.19. The van der Waals surface area contributed by atoms with Crippen LogP contribution in [0.15, 0.2) is 41.8 Å². The topological polar surface area (TPSA) is 58.3 Å². The molecule has 6 heteroatoms. The third-order valence-electron chi connectivity index (χ3n) is 4.19. The molecule has 23 heavy (non-hydrogen) atoms. The van der Waals surface area contributed by atoms with Gasteiger partial charge in [0.05, 0.1) is 0 Å². The number of nitrogens with zero attached hydrogens (tertiary/aromatic N) is 5. The Morgan fingerprint density at radius 3 is 2.91 bits per heavy atom. The summed E-state index contributed by atoms with van der Waals surface area (Å²) in [6.07, 6.45) is 6.66. The zero-order chi connectivity index (χ0) is 16.3. The Bertz CT molecular complexity index is 674. The summed E-state index contributed by atoms with van der Waals surface area (Å²) in [5, 5.41) is 7.68. The second kappa shape index (κ2) is 6.40. The van der Waals surface area contributed by atoms with Crippen molar-refractivity contribution in [3.63, 3.8) is 0 Å². The van der Waals surface area contributed by atoms with Gasteiger partial charge in [0.25, 0.3) is 0 Å². The first-order chi connectivity index (χ1) is 11.1. The van der Waals surface area contributed by atoms with Gasteiger partial charge in [-0.15, -0.1) is 0 Å². The van der Waals surface area contributed by atoms with Gasteiger partial charge in [0.15, 0.2) is 11.8 Å². The number of hydrogen-bond acceptors (Lipinski definition) is 3. The standard InChI is InChI=1S/C17H24N6/c1-17(2)6-10-22(13-17)16(18-3)20-12-14-5-8-19-15(11-14)23-9-4-7-21-23/h4-5,7-9,11H,6,10,12-13H2,1-3H3,(H,18,20). The maximum atomic E-state index is 4.42. The number of nitrogens with one attached hydrogen (secondary N) is 1. The van der Waals surface area contributed by atoms with Crippen molar-refractivity contribution >= 4 is 5.96 Å². The van der Waals surface area contributed by atoms with Crippen molar-refractivity contribution in [3.05, 3.63) is 42.4 Å². The molecule has 1 saturated heterocycles. The molecule has 1 fully saturated rings. The Morgan fingerprint density at radius 1 is 1.39 bits per heavy atom. The van der Waals surface area contributed by atoms with Crippen LogP contribution < -0.4 is 5.32 Å². The van der Waals surface area contributed by atoms with E-state index in [1.165, 1.54) is 6.42 Å². The van der Waals surface area contributed by atoms with Crippen LogP contribution >= 0.6 is 0 Å². The van der Waals surface area contributed by atoms with Crippen LogP contribution in [0.4, 0.5) is 0 Å². The normalized spacial score (nSPS) is 17.5. The molecule has 0 unspecified atom stereocenters. The lowest BCUT2D eigenvalue weighted by Gasteiger charge is -2.23. The predicted molar refractivity (Wildman–Crippen MR) is 91.5 cm³/mol. The van der Waals surface area contributed by atoms with Crippen LogP contribution in [-0.4, -0.2) is 45.8 Å². The minimum atomic E-state index is 0.363. The maximum Gasteiger partial charge on any atom is 0.193 e. The van der Waals surface area contributed by atoms with E-state index in [0.717, 1.165) is 37.0 Å². The van der Waals surface area contributed by atoms with E-state index in [1.54, 1.807) is 10.9 Å². The molecule has 0 aromatic carbocycles. The molecule has 2 aromatic heterocycles.